The van der Waals surface area contributed by atoms with Crippen molar-refractivity contribution in [2.45, 2.75) is 26.3 Å². The van der Waals surface area contributed by atoms with E-state index in [2.05, 4.69) is 21.6 Å². The summed E-state index contributed by atoms with van der Waals surface area (Å²) in [5.41, 5.74) is 2.97. The maximum absolute atomic E-state index is 12.1. The minimum atomic E-state index is -0.442. The summed E-state index contributed by atoms with van der Waals surface area (Å²) < 4.78 is 1.69. The second-order valence-electron chi connectivity index (χ2n) is 6.42. The van der Waals surface area contributed by atoms with Crippen LogP contribution in [-0.2, 0) is 11.3 Å². The van der Waals surface area contributed by atoms with Crippen LogP contribution < -0.4 is 5.32 Å². The SMILES string of the molecule is Cc1cccc(NCC(=O)N=Nc2c(O)n(CCCC#N)c3ccccc23)c1. The van der Waals surface area contributed by atoms with E-state index in [0.717, 1.165) is 16.8 Å². The highest BCUT2D eigenvalue weighted by molar-refractivity contribution is 5.95. The van der Waals surface area contributed by atoms with Crippen molar-refractivity contribution in [1.82, 2.24) is 4.57 Å². The van der Waals surface area contributed by atoms with Crippen LogP contribution in [0.15, 0.2) is 58.8 Å². The lowest BCUT2D eigenvalue weighted by molar-refractivity contribution is -0.116. The molecular weight excluding hydrogens is 354 g/mol. The average Bonchev–Trinajstić information content (AvgIpc) is 2.96. The quantitative estimate of drug-likeness (QED) is 0.462. The maximum Gasteiger partial charge on any atom is 0.283 e. The second kappa shape index (κ2) is 8.82. The molecule has 0 saturated heterocycles. The van der Waals surface area contributed by atoms with Gasteiger partial charge in [-0.3, -0.25) is 4.79 Å². The minimum Gasteiger partial charge on any atom is -0.493 e. The number of carbonyl (C=O) groups is 1. The molecule has 0 aliphatic rings. The summed E-state index contributed by atoms with van der Waals surface area (Å²) in [4.78, 5) is 12.1. The number of nitrogens with zero attached hydrogens (tertiary/aromatic N) is 4. The molecule has 142 valence electrons. The molecule has 0 bridgehead atoms. The number of rotatable bonds is 7. The third kappa shape index (κ3) is 4.35. The van der Waals surface area contributed by atoms with E-state index in [4.69, 9.17) is 5.26 Å². The van der Waals surface area contributed by atoms with E-state index in [1.807, 2.05) is 55.5 Å². The van der Waals surface area contributed by atoms with E-state index in [1.54, 1.807) is 4.57 Å². The molecule has 0 fully saturated rings. The first-order chi connectivity index (χ1) is 13.6. The Morgan fingerprint density at radius 2 is 2.07 bits per heavy atom. The van der Waals surface area contributed by atoms with Crippen molar-refractivity contribution in [3.63, 3.8) is 0 Å². The third-order valence-corrected chi connectivity index (χ3v) is 4.31. The van der Waals surface area contributed by atoms with Crippen molar-refractivity contribution in [3.05, 3.63) is 54.1 Å². The van der Waals surface area contributed by atoms with Crippen LogP contribution in [0.3, 0.4) is 0 Å². The van der Waals surface area contributed by atoms with Gasteiger partial charge in [-0.05, 0) is 37.1 Å². The highest BCUT2D eigenvalue weighted by atomic mass is 16.3. The molecule has 0 unspecified atom stereocenters. The monoisotopic (exact) mass is 375 g/mol. The van der Waals surface area contributed by atoms with Crippen molar-refractivity contribution >= 4 is 28.2 Å². The first-order valence-electron chi connectivity index (χ1n) is 9.02. The van der Waals surface area contributed by atoms with Crippen LogP contribution in [0.25, 0.3) is 10.9 Å². The van der Waals surface area contributed by atoms with Crippen LogP contribution in [0.2, 0.25) is 0 Å². The van der Waals surface area contributed by atoms with Gasteiger partial charge in [-0.1, -0.05) is 30.3 Å². The molecular formula is C21H21N5O2. The van der Waals surface area contributed by atoms with Gasteiger partial charge >= 0.3 is 0 Å². The number of nitrogens with one attached hydrogen (secondary N) is 1. The van der Waals surface area contributed by atoms with Crippen LogP contribution >= 0.6 is 0 Å². The maximum atomic E-state index is 12.1. The van der Waals surface area contributed by atoms with Gasteiger partial charge in [0.15, 0.2) is 5.69 Å². The van der Waals surface area contributed by atoms with Crippen LogP contribution in [0, 0.1) is 18.3 Å². The number of hydrogen-bond acceptors (Lipinski definition) is 5. The molecule has 7 nitrogen and oxygen atoms in total. The zero-order valence-electron chi connectivity index (χ0n) is 15.6. The van der Waals surface area contributed by atoms with Gasteiger partial charge in [0.25, 0.3) is 5.91 Å². The van der Waals surface area contributed by atoms with E-state index in [-0.39, 0.29) is 18.1 Å². The van der Waals surface area contributed by atoms with E-state index in [9.17, 15) is 9.90 Å². The van der Waals surface area contributed by atoms with Crippen molar-refractivity contribution in [3.8, 4) is 11.9 Å². The van der Waals surface area contributed by atoms with Crippen LogP contribution in [0.1, 0.15) is 18.4 Å². The molecule has 1 heterocycles. The highest BCUT2D eigenvalue weighted by Crippen LogP contribution is 2.38. The number of anilines is 1. The number of benzene rings is 2. The number of para-hydroxylation sites is 1. The molecule has 2 N–H and O–H groups in total. The van der Waals surface area contributed by atoms with Gasteiger partial charge in [-0.25, -0.2) is 0 Å². The van der Waals surface area contributed by atoms with E-state index in [1.165, 1.54) is 0 Å². The Morgan fingerprint density at radius 3 is 2.86 bits per heavy atom. The highest BCUT2D eigenvalue weighted by Gasteiger charge is 2.16. The van der Waals surface area contributed by atoms with Gasteiger partial charge in [0.05, 0.1) is 18.1 Å². The number of hydrogen-bond donors (Lipinski definition) is 2. The number of unbranched alkanes of at least 4 members (excludes halogenated alkanes) is 1. The summed E-state index contributed by atoms with van der Waals surface area (Å²) in [6, 6.07) is 17.2. The topological polar surface area (TPSA) is 103 Å². The predicted octanol–water partition coefficient (Wildman–Crippen LogP) is 4.68. The largest absolute Gasteiger partial charge is 0.493 e. The molecule has 1 aromatic heterocycles. The molecule has 3 rings (SSSR count). The Kier molecular flexibility index (Phi) is 6.02. The molecule has 0 atom stereocenters. The zero-order chi connectivity index (χ0) is 19.9. The zero-order valence-corrected chi connectivity index (χ0v) is 15.6. The number of aromatic hydroxyl groups is 1. The molecule has 0 spiro atoms. The summed E-state index contributed by atoms with van der Waals surface area (Å²) in [5.74, 6) is -0.496. The van der Waals surface area contributed by atoms with Crippen LogP contribution in [-0.4, -0.2) is 22.1 Å². The summed E-state index contributed by atoms with van der Waals surface area (Å²) in [7, 11) is 0. The van der Waals surface area contributed by atoms with Gasteiger partial charge in [-0.2, -0.15) is 5.26 Å². The molecule has 0 aliphatic carbocycles. The lowest BCUT2D eigenvalue weighted by Crippen LogP contribution is -2.10. The fraction of sp³-hybridized carbons (Fsp3) is 0.238. The molecule has 0 saturated carbocycles. The normalized spacial score (nSPS) is 11.0. The fourth-order valence-electron chi connectivity index (χ4n) is 2.99. The Hall–Kier alpha value is -3.66. The molecule has 7 heteroatoms. The van der Waals surface area contributed by atoms with Gasteiger partial charge < -0.3 is 15.0 Å². The van der Waals surface area contributed by atoms with Crippen LogP contribution in [0.4, 0.5) is 11.4 Å². The lowest BCUT2D eigenvalue weighted by Gasteiger charge is -2.04. The predicted molar refractivity (Wildman–Crippen MR) is 108 cm³/mol. The fourth-order valence-corrected chi connectivity index (χ4v) is 2.99. The van der Waals surface area contributed by atoms with E-state index < -0.39 is 5.91 Å². The Bertz CT molecular complexity index is 1060. The Balaban J connectivity index is 1.76. The number of aromatic nitrogens is 1. The second-order valence-corrected chi connectivity index (χ2v) is 6.42. The number of fused-ring (bicyclic) bond motifs is 1. The van der Waals surface area contributed by atoms with Crippen LogP contribution in [0.5, 0.6) is 5.88 Å². The Labute approximate surface area is 162 Å². The smallest absolute Gasteiger partial charge is 0.283 e. The third-order valence-electron chi connectivity index (χ3n) is 4.31. The number of carbonyl (C=O) groups excluding carboxylic acids is 1. The van der Waals surface area contributed by atoms with Crippen molar-refractivity contribution in [2.24, 2.45) is 10.2 Å². The van der Waals surface area contributed by atoms with Gasteiger partial charge in [0, 0.05) is 24.0 Å². The van der Waals surface area contributed by atoms with Crippen molar-refractivity contribution in [2.75, 3.05) is 11.9 Å². The molecule has 0 radical (unpaired) electrons. The molecule has 2 aromatic carbocycles. The first-order valence-corrected chi connectivity index (χ1v) is 9.02. The van der Waals surface area contributed by atoms with Gasteiger partial charge in [0.1, 0.15) is 0 Å². The number of nitriles is 1. The summed E-state index contributed by atoms with van der Waals surface area (Å²) in [6.07, 6.45) is 1.00. The Morgan fingerprint density at radius 1 is 1.25 bits per heavy atom. The number of azo groups is 1. The summed E-state index contributed by atoms with van der Waals surface area (Å²) in [5, 5.41) is 30.8. The summed E-state index contributed by atoms with van der Waals surface area (Å²) in [6.45, 7) is 2.47. The van der Waals surface area contributed by atoms with E-state index >= 15 is 0 Å². The lowest BCUT2D eigenvalue weighted by atomic mass is 10.2. The van der Waals surface area contributed by atoms with Gasteiger partial charge in [0.2, 0.25) is 5.88 Å². The van der Waals surface area contributed by atoms with Crippen molar-refractivity contribution in [1.29, 1.82) is 5.26 Å². The number of amides is 1. The van der Waals surface area contributed by atoms with Crippen molar-refractivity contribution < 1.29 is 9.90 Å². The molecule has 3 aromatic rings. The average molecular weight is 375 g/mol. The molecule has 0 aliphatic heterocycles. The van der Waals surface area contributed by atoms with Gasteiger partial charge in [-0.15, -0.1) is 10.2 Å². The first kappa shape index (κ1) is 19.1. The van der Waals surface area contributed by atoms with E-state index in [0.29, 0.717) is 24.8 Å². The molecule has 1 amide bonds. The number of aryl methyl sites for hydroxylation is 2. The summed E-state index contributed by atoms with van der Waals surface area (Å²) >= 11 is 0. The molecule has 28 heavy (non-hydrogen) atoms. The minimum absolute atomic E-state index is 0.00846. The standard InChI is InChI=1S/C21H21N5O2/c1-15-7-6-8-16(13-15)23-14-19(27)24-25-20-17-9-2-3-10-18(17)26(21(20)28)12-5-4-11-22/h2-3,6-10,13,23,28H,4-5,12,14H2,1H3.